The molecule has 1 unspecified atom stereocenters. The molecular weight excluding hydrogens is 206 g/mol. The zero-order chi connectivity index (χ0) is 11.5. The molecule has 0 bridgehead atoms. The number of carbonyl (C=O) groups is 1. The van der Waals surface area contributed by atoms with Crippen LogP contribution in [0.5, 0.6) is 11.5 Å². The zero-order valence-electron chi connectivity index (χ0n) is 9.45. The lowest BCUT2D eigenvalue weighted by molar-refractivity contribution is -0.125. The van der Waals surface area contributed by atoms with Crippen LogP contribution in [-0.4, -0.2) is 26.7 Å². The van der Waals surface area contributed by atoms with Crippen LogP contribution >= 0.6 is 0 Å². The molecule has 4 nitrogen and oxygen atoms in total. The van der Waals surface area contributed by atoms with Crippen molar-refractivity contribution in [2.45, 2.75) is 6.42 Å². The molecule has 16 heavy (non-hydrogen) atoms. The minimum atomic E-state index is -0.0918. The Morgan fingerprint density at radius 1 is 1.56 bits per heavy atom. The average Bonchev–Trinajstić information content (AvgIpc) is 2.36. The highest BCUT2D eigenvalue weighted by Gasteiger charge is 2.25. The number of fused-ring (bicyclic) bond motifs is 1. The molecular formula is C12H15NO3. The number of hydrogen-bond acceptors (Lipinski definition) is 3. The second-order valence-electron chi connectivity index (χ2n) is 3.80. The summed E-state index contributed by atoms with van der Waals surface area (Å²) >= 11 is 0. The fourth-order valence-electron chi connectivity index (χ4n) is 1.85. The van der Waals surface area contributed by atoms with E-state index in [1.165, 1.54) is 0 Å². The molecule has 1 amide bonds. The minimum absolute atomic E-state index is 0.0291. The summed E-state index contributed by atoms with van der Waals surface area (Å²) < 4.78 is 10.7. The van der Waals surface area contributed by atoms with E-state index in [0.717, 1.165) is 23.5 Å². The summed E-state index contributed by atoms with van der Waals surface area (Å²) in [5.74, 6) is 1.53. The van der Waals surface area contributed by atoms with Gasteiger partial charge in [0.15, 0.2) is 0 Å². The van der Waals surface area contributed by atoms with Gasteiger partial charge in [0.25, 0.3) is 0 Å². The van der Waals surface area contributed by atoms with E-state index in [2.05, 4.69) is 5.32 Å². The molecule has 0 saturated heterocycles. The van der Waals surface area contributed by atoms with Crippen molar-refractivity contribution < 1.29 is 14.3 Å². The van der Waals surface area contributed by atoms with Crippen LogP contribution in [0.3, 0.4) is 0 Å². The van der Waals surface area contributed by atoms with Crippen molar-refractivity contribution >= 4 is 5.91 Å². The van der Waals surface area contributed by atoms with Crippen LogP contribution in [0.4, 0.5) is 0 Å². The SMILES string of the molecule is CNC(=O)C1COc2cc(OC)ccc2C1. The maximum atomic E-state index is 11.5. The smallest absolute Gasteiger partial charge is 0.226 e. The van der Waals surface area contributed by atoms with Crippen molar-refractivity contribution in [3.63, 3.8) is 0 Å². The number of carbonyl (C=O) groups excluding carboxylic acids is 1. The summed E-state index contributed by atoms with van der Waals surface area (Å²) in [6, 6.07) is 5.69. The highest BCUT2D eigenvalue weighted by Crippen LogP contribution is 2.30. The first-order valence-corrected chi connectivity index (χ1v) is 5.26. The maximum absolute atomic E-state index is 11.5. The van der Waals surface area contributed by atoms with Gasteiger partial charge in [0, 0.05) is 13.1 Å². The van der Waals surface area contributed by atoms with Gasteiger partial charge in [-0.2, -0.15) is 0 Å². The Balaban J connectivity index is 2.18. The van der Waals surface area contributed by atoms with Crippen LogP contribution in [0.25, 0.3) is 0 Å². The summed E-state index contributed by atoms with van der Waals surface area (Å²) in [6.45, 7) is 0.430. The average molecular weight is 221 g/mol. The third kappa shape index (κ3) is 1.96. The molecule has 1 atom stereocenters. The Hall–Kier alpha value is -1.71. The maximum Gasteiger partial charge on any atom is 0.226 e. The van der Waals surface area contributed by atoms with Crippen LogP contribution < -0.4 is 14.8 Å². The fourth-order valence-corrected chi connectivity index (χ4v) is 1.85. The van der Waals surface area contributed by atoms with E-state index in [9.17, 15) is 4.79 Å². The molecule has 0 radical (unpaired) electrons. The Morgan fingerprint density at radius 3 is 3.06 bits per heavy atom. The molecule has 1 aliphatic rings. The van der Waals surface area contributed by atoms with Crippen LogP contribution in [0, 0.1) is 5.92 Å². The molecule has 1 aromatic rings. The summed E-state index contributed by atoms with van der Waals surface area (Å²) in [6.07, 6.45) is 0.721. The quantitative estimate of drug-likeness (QED) is 0.810. The van der Waals surface area contributed by atoms with Gasteiger partial charge in [0.05, 0.1) is 13.0 Å². The molecule has 0 fully saturated rings. The van der Waals surface area contributed by atoms with E-state index < -0.39 is 0 Å². The number of nitrogens with one attached hydrogen (secondary N) is 1. The Kier molecular flexibility index (Phi) is 2.99. The van der Waals surface area contributed by atoms with Crippen LogP contribution in [0.15, 0.2) is 18.2 Å². The van der Waals surface area contributed by atoms with Crippen molar-refractivity contribution in [1.82, 2.24) is 5.32 Å². The molecule has 1 aliphatic heterocycles. The number of amides is 1. The van der Waals surface area contributed by atoms with Gasteiger partial charge in [0.2, 0.25) is 5.91 Å². The summed E-state index contributed by atoms with van der Waals surface area (Å²) in [5.41, 5.74) is 1.06. The molecule has 4 heteroatoms. The number of ether oxygens (including phenoxy) is 2. The lowest BCUT2D eigenvalue weighted by Gasteiger charge is -2.24. The van der Waals surface area contributed by atoms with Gasteiger partial charge in [-0.05, 0) is 18.1 Å². The van der Waals surface area contributed by atoms with E-state index in [1.807, 2.05) is 18.2 Å². The number of hydrogen-bond donors (Lipinski definition) is 1. The Labute approximate surface area is 94.6 Å². The van der Waals surface area contributed by atoms with Gasteiger partial charge < -0.3 is 14.8 Å². The molecule has 0 aromatic heterocycles. The van der Waals surface area contributed by atoms with E-state index in [0.29, 0.717) is 6.61 Å². The van der Waals surface area contributed by atoms with Crippen LogP contribution in [-0.2, 0) is 11.2 Å². The van der Waals surface area contributed by atoms with Gasteiger partial charge in [-0.3, -0.25) is 4.79 Å². The lowest BCUT2D eigenvalue weighted by atomic mass is 9.96. The summed E-state index contributed by atoms with van der Waals surface area (Å²) in [4.78, 5) is 11.5. The van der Waals surface area contributed by atoms with Crippen molar-refractivity contribution in [1.29, 1.82) is 0 Å². The van der Waals surface area contributed by atoms with E-state index >= 15 is 0 Å². The number of methoxy groups -OCH3 is 1. The zero-order valence-corrected chi connectivity index (χ0v) is 9.45. The number of benzene rings is 1. The van der Waals surface area contributed by atoms with Crippen LogP contribution in [0.2, 0.25) is 0 Å². The van der Waals surface area contributed by atoms with Gasteiger partial charge in [-0.15, -0.1) is 0 Å². The van der Waals surface area contributed by atoms with E-state index in [4.69, 9.17) is 9.47 Å². The van der Waals surface area contributed by atoms with Crippen molar-refractivity contribution in [3.8, 4) is 11.5 Å². The molecule has 0 saturated carbocycles. The molecule has 2 rings (SSSR count). The highest BCUT2D eigenvalue weighted by atomic mass is 16.5. The Morgan fingerprint density at radius 2 is 2.38 bits per heavy atom. The summed E-state index contributed by atoms with van der Waals surface area (Å²) in [5, 5.41) is 2.64. The standard InChI is InChI=1S/C12H15NO3/c1-13-12(14)9-5-8-3-4-10(15-2)6-11(8)16-7-9/h3-4,6,9H,5,7H2,1-2H3,(H,13,14). The molecule has 86 valence electrons. The molecule has 1 aromatic carbocycles. The third-order valence-corrected chi connectivity index (χ3v) is 2.80. The molecule has 0 aliphatic carbocycles. The highest BCUT2D eigenvalue weighted by molar-refractivity contribution is 5.79. The lowest BCUT2D eigenvalue weighted by Crippen LogP contribution is -2.35. The van der Waals surface area contributed by atoms with Crippen molar-refractivity contribution in [2.75, 3.05) is 20.8 Å². The first-order valence-electron chi connectivity index (χ1n) is 5.26. The number of rotatable bonds is 2. The first kappa shape index (κ1) is 10.8. The van der Waals surface area contributed by atoms with Gasteiger partial charge in [-0.1, -0.05) is 6.07 Å². The topological polar surface area (TPSA) is 47.6 Å². The fraction of sp³-hybridized carbons (Fsp3) is 0.417. The van der Waals surface area contributed by atoms with Crippen LogP contribution in [0.1, 0.15) is 5.56 Å². The normalized spacial score (nSPS) is 18.2. The molecule has 1 N–H and O–H groups in total. The predicted molar refractivity (Wildman–Crippen MR) is 59.7 cm³/mol. The monoisotopic (exact) mass is 221 g/mol. The summed E-state index contributed by atoms with van der Waals surface area (Å²) in [7, 11) is 3.27. The van der Waals surface area contributed by atoms with Gasteiger partial charge >= 0.3 is 0 Å². The predicted octanol–water partition coefficient (Wildman–Crippen LogP) is 0.992. The molecule has 0 spiro atoms. The molecule has 1 heterocycles. The van der Waals surface area contributed by atoms with Crippen molar-refractivity contribution in [2.24, 2.45) is 5.92 Å². The van der Waals surface area contributed by atoms with Gasteiger partial charge in [-0.25, -0.2) is 0 Å². The van der Waals surface area contributed by atoms with E-state index in [1.54, 1.807) is 14.2 Å². The minimum Gasteiger partial charge on any atom is -0.497 e. The largest absolute Gasteiger partial charge is 0.497 e. The second-order valence-corrected chi connectivity index (χ2v) is 3.80. The van der Waals surface area contributed by atoms with Crippen molar-refractivity contribution in [3.05, 3.63) is 23.8 Å². The van der Waals surface area contributed by atoms with Gasteiger partial charge in [0.1, 0.15) is 18.1 Å². The Bertz CT molecular complexity index is 403. The second kappa shape index (κ2) is 4.43. The third-order valence-electron chi connectivity index (χ3n) is 2.80. The van der Waals surface area contributed by atoms with E-state index in [-0.39, 0.29) is 11.8 Å². The first-order chi connectivity index (χ1) is 7.74.